The zero-order valence-corrected chi connectivity index (χ0v) is 11.1. The van der Waals surface area contributed by atoms with E-state index in [0.29, 0.717) is 26.3 Å². The summed E-state index contributed by atoms with van der Waals surface area (Å²) in [4.78, 5) is 4.35. The lowest BCUT2D eigenvalue weighted by Crippen LogP contribution is -2.15. The predicted molar refractivity (Wildman–Crippen MR) is 76.7 cm³/mol. The molecule has 102 valence electrons. The quantitative estimate of drug-likeness (QED) is 0.741. The molecule has 0 aliphatic rings. The Labute approximate surface area is 112 Å². The summed E-state index contributed by atoms with van der Waals surface area (Å²) in [6.45, 7) is 2.44. The second-order valence-electron chi connectivity index (χ2n) is 4.04. The van der Waals surface area contributed by atoms with Gasteiger partial charge >= 0.3 is 0 Å². The zero-order chi connectivity index (χ0) is 13.5. The van der Waals surface area contributed by atoms with Crippen molar-refractivity contribution in [3.63, 3.8) is 0 Å². The highest BCUT2D eigenvalue weighted by Gasteiger charge is 2.05. The monoisotopic (exact) mass is 261 g/mol. The molecule has 5 nitrogen and oxygen atoms in total. The van der Waals surface area contributed by atoms with Crippen LogP contribution in [0, 0.1) is 0 Å². The van der Waals surface area contributed by atoms with Gasteiger partial charge in [0.25, 0.3) is 0 Å². The zero-order valence-electron chi connectivity index (χ0n) is 11.1. The van der Waals surface area contributed by atoms with E-state index in [9.17, 15) is 0 Å². The summed E-state index contributed by atoms with van der Waals surface area (Å²) in [7, 11) is 1.67. The van der Waals surface area contributed by atoms with E-state index in [-0.39, 0.29) is 0 Å². The molecule has 0 saturated heterocycles. The third kappa shape index (κ3) is 3.33. The molecule has 2 rings (SSSR count). The van der Waals surface area contributed by atoms with Crippen molar-refractivity contribution < 1.29 is 9.47 Å². The summed E-state index contributed by atoms with van der Waals surface area (Å²) < 4.78 is 10.7. The fraction of sp³-hybridized carbons (Fsp3) is 0.357. The standard InChI is InChI=1S/C14H19N3O2/c1-18-13-4-2-3-12-11(13)5-7-16-14(12)17-8-10-19-9-6-15/h2-5,7H,6,8-10,15H2,1H3,(H,16,17). The molecule has 0 amide bonds. The largest absolute Gasteiger partial charge is 0.496 e. The Morgan fingerprint density at radius 3 is 2.89 bits per heavy atom. The molecular weight excluding hydrogens is 242 g/mol. The molecule has 1 heterocycles. The maximum Gasteiger partial charge on any atom is 0.134 e. The first-order chi connectivity index (χ1) is 9.36. The van der Waals surface area contributed by atoms with Crippen LogP contribution in [-0.2, 0) is 4.74 Å². The Morgan fingerprint density at radius 2 is 2.11 bits per heavy atom. The minimum atomic E-state index is 0.545. The SMILES string of the molecule is COc1cccc2c(NCCOCCN)nccc12. The summed E-state index contributed by atoms with van der Waals surface area (Å²) in [6.07, 6.45) is 1.77. The highest BCUT2D eigenvalue weighted by atomic mass is 16.5. The van der Waals surface area contributed by atoms with Crippen LogP contribution in [0.4, 0.5) is 5.82 Å². The van der Waals surface area contributed by atoms with E-state index < -0.39 is 0 Å². The van der Waals surface area contributed by atoms with Crippen LogP contribution < -0.4 is 15.8 Å². The smallest absolute Gasteiger partial charge is 0.134 e. The molecule has 3 N–H and O–H groups in total. The van der Waals surface area contributed by atoms with E-state index in [1.54, 1.807) is 13.3 Å². The molecule has 19 heavy (non-hydrogen) atoms. The minimum Gasteiger partial charge on any atom is -0.496 e. The number of ether oxygens (including phenoxy) is 2. The molecule has 0 aliphatic carbocycles. The van der Waals surface area contributed by atoms with Crippen LogP contribution in [0.15, 0.2) is 30.5 Å². The molecule has 0 bridgehead atoms. The number of nitrogens with zero attached hydrogens (tertiary/aromatic N) is 1. The van der Waals surface area contributed by atoms with Crippen molar-refractivity contribution >= 4 is 16.6 Å². The van der Waals surface area contributed by atoms with Gasteiger partial charge in [-0.2, -0.15) is 0 Å². The first-order valence-electron chi connectivity index (χ1n) is 6.30. The van der Waals surface area contributed by atoms with Gasteiger partial charge in [-0.15, -0.1) is 0 Å². The van der Waals surface area contributed by atoms with Crippen LogP contribution in [0.25, 0.3) is 10.8 Å². The summed E-state index contributed by atoms with van der Waals surface area (Å²) in [5.41, 5.74) is 5.36. The van der Waals surface area contributed by atoms with Gasteiger partial charge < -0.3 is 20.5 Å². The van der Waals surface area contributed by atoms with E-state index >= 15 is 0 Å². The van der Waals surface area contributed by atoms with Crippen LogP contribution in [0.2, 0.25) is 0 Å². The van der Waals surface area contributed by atoms with Crippen LogP contribution in [0.3, 0.4) is 0 Å². The van der Waals surface area contributed by atoms with Crippen molar-refractivity contribution in [1.82, 2.24) is 4.98 Å². The third-order valence-electron chi connectivity index (χ3n) is 2.79. The molecule has 2 aromatic rings. The van der Waals surface area contributed by atoms with E-state index in [1.807, 2.05) is 24.3 Å². The van der Waals surface area contributed by atoms with Crippen molar-refractivity contribution in [2.45, 2.75) is 0 Å². The highest BCUT2D eigenvalue weighted by Crippen LogP contribution is 2.28. The van der Waals surface area contributed by atoms with Crippen molar-refractivity contribution in [3.8, 4) is 5.75 Å². The molecule has 0 unspecified atom stereocenters. The lowest BCUT2D eigenvalue weighted by atomic mass is 10.1. The number of aromatic nitrogens is 1. The molecule has 0 spiro atoms. The van der Waals surface area contributed by atoms with E-state index in [1.165, 1.54) is 0 Å². The van der Waals surface area contributed by atoms with Gasteiger partial charge in [-0.25, -0.2) is 4.98 Å². The number of benzene rings is 1. The summed E-state index contributed by atoms with van der Waals surface area (Å²) in [5.74, 6) is 1.69. The number of anilines is 1. The molecule has 0 fully saturated rings. The molecule has 5 heteroatoms. The Kier molecular flexibility index (Phi) is 4.94. The lowest BCUT2D eigenvalue weighted by Gasteiger charge is -2.10. The normalized spacial score (nSPS) is 10.6. The maximum atomic E-state index is 5.36. The van der Waals surface area contributed by atoms with Gasteiger partial charge in [0.05, 0.1) is 20.3 Å². The third-order valence-corrected chi connectivity index (χ3v) is 2.79. The van der Waals surface area contributed by atoms with E-state index in [4.69, 9.17) is 15.2 Å². The molecule has 1 aromatic heterocycles. The van der Waals surface area contributed by atoms with E-state index in [2.05, 4.69) is 10.3 Å². The second kappa shape index (κ2) is 6.92. The first-order valence-corrected chi connectivity index (χ1v) is 6.30. The van der Waals surface area contributed by atoms with Crippen LogP contribution in [0.1, 0.15) is 0 Å². The number of pyridine rings is 1. The lowest BCUT2D eigenvalue weighted by molar-refractivity contribution is 0.151. The van der Waals surface area contributed by atoms with Crippen molar-refractivity contribution in [2.75, 3.05) is 38.7 Å². The van der Waals surface area contributed by atoms with Gasteiger partial charge in [-0.1, -0.05) is 12.1 Å². The van der Waals surface area contributed by atoms with Gasteiger partial charge in [0.2, 0.25) is 0 Å². The highest BCUT2D eigenvalue weighted by molar-refractivity contribution is 5.95. The Morgan fingerprint density at radius 1 is 1.21 bits per heavy atom. The Bertz CT molecular complexity index is 531. The van der Waals surface area contributed by atoms with Gasteiger partial charge in [0, 0.05) is 30.1 Å². The number of hydrogen-bond acceptors (Lipinski definition) is 5. The Hall–Kier alpha value is -1.85. The number of fused-ring (bicyclic) bond motifs is 1. The topological polar surface area (TPSA) is 69.4 Å². The molecule has 1 aromatic carbocycles. The molecular formula is C14H19N3O2. The molecule has 0 radical (unpaired) electrons. The van der Waals surface area contributed by atoms with Crippen molar-refractivity contribution in [2.24, 2.45) is 5.73 Å². The molecule has 0 atom stereocenters. The first kappa shape index (κ1) is 13.6. The number of nitrogens with one attached hydrogen (secondary N) is 1. The minimum absolute atomic E-state index is 0.545. The van der Waals surface area contributed by atoms with Gasteiger partial charge in [-0.05, 0) is 12.1 Å². The number of hydrogen-bond donors (Lipinski definition) is 2. The number of methoxy groups -OCH3 is 1. The average Bonchev–Trinajstić information content (AvgIpc) is 2.46. The number of nitrogens with two attached hydrogens (primary N) is 1. The molecule has 0 saturated carbocycles. The maximum absolute atomic E-state index is 5.36. The van der Waals surface area contributed by atoms with Crippen LogP contribution >= 0.6 is 0 Å². The average molecular weight is 261 g/mol. The van der Waals surface area contributed by atoms with Crippen molar-refractivity contribution in [1.29, 1.82) is 0 Å². The summed E-state index contributed by atoms with van der Waals surface area (Å²) >= 11 is 0. The van der Waals surface area contributed by atoms with Gasteiger partial charge in [-0.3, -0.25) is 0 Å². The van der Waals surface area contributed by atoms with Crippen LogP contribution in [-0.4, -0.2) is 38.4 Å². The summed E-state index contributed by atoms with van der Waals surface area (Å²) in [5, 5.41) is 5.35. The Balaban J connectivity index is 2.10. The molecule has 0 aliphatic heterocycles. The fourth-order valence-electron chi connectivity index (χ4n) is 1.92. The van der Waals surface area contributed by atoms with Crippen molar-refractivity contribution in [3.05, 3.63) is 30.5 Å². The fourth-order valence-corrected chi connectivity index (χ4v) is 1.92. The summed E-state index contributed by atoms with van der Waals surface area (Å²) in [6, 6.07) is 7.87. The van der Waals surface area contributed by atoms with Crippen LogP contribution in [0.5, 0.6) is 5.75 Å². The van der Waals surface area contributed by atoms with Gasteiger partial charge in [0.15, 0.2) is 0 Å². The number of rotatable bonds is 7. The van der Waals surface area contributed by atoms with E-state index in [0.717, 1.165) is 22.3 Å². The van der Waals surface area contributed by atoms with Gasteiger partial charge in [0.1, 0.15) is 11.6 Å². The predicted octanol–water partition coefficient (Wildman–Crippen LogP) is 1.63. The second-order valence-corrected chi connectivity index (χ2v) is 4.04.